The fourth-order valence-corrected chi connectivity index (χ4v) is 4.76. The molecule has 0 aliphatic carbocycles. The summed E-state index contributed by atoms with van der Waals surface area (Å²) in [7, 11) is 1.60. The number of hydrogen-bond acceptors (Lipinski definition) is 9. The maximum absolute atomic E-state index is 12.4. The van der Waals surface area contributed by atoms with Crippen LogP contribution in [-0.4, -0.2) is 114 Å². The van der Waals surface area contributed by atoms with Gasteiger partial charge in [0.05, 0.1) is 31.5 Å². The van der Waals surface area contributed by atoms with Crippen LogP contribution < -0.4 is 5.32 Å². The molecule has 0 aromatic rings. The van der Waals surface area contributed by atoms with E-state index in [0.717, 1.165) is 38.5 Å². The van der Waals surface area contributed by atoms with Crippen LogP contribution in [0.2, 0.25) is 0 Å². The summed E-state index contributed by atoms with van der Waals surface area (Å²) in [6.07, 6.45) is 1.93. The van der Waals surface area contributed by atoms with Gasteiger partial charge in [0.2, 0.25) is 11.8 Å². The van der Waals surface area contributed by atoms with E-state index >= 15 is 0 Å². The van der Waals surface area contributed by atoms with Crippen molar-refractivity contribution >= 4 is 11.8 Å². The number of unbranched alkanes of at least 4 members (excludes halogenated alkanes) is 4. The summed E-state index contributed by atoms with van der Waals surface area (Å²) in [5, 5.41) is 41.9. The van der Waals surface area contributed by atoms with E-state index in [0.29, 0.717) is 45.6 Å². The Balaban J connectivity index is 1.45. The quantitative estimate of drug-likeness (QED) is 0.176. The van der Waals surface area contributed by atoms with Crippen molar-refractivity contribution in [1.29, 1.82) is 0 Å². The standard InChI is InChI=1S/C25H46N2O9/c1-17-23(32)24(33)20(15-28)36-25(17)35-12-8-4-5-9-21(30)26-11-7-3-6-10-22(31)27-14-19(29)13-18(27)16-34-2/h17-20,23-25,28-29,32-33H,3-16H2,1-2H3,(H,26,30)/t17?,18-,19+,20?,23+,24-,25+/m0/s1. The molecule has 210 valence electrons. The van der Waals surface area contributed by atoms with Crippen molar-refractivity contribution in [2.45, 2.75) is 101 Å². The topological polar surface area (TPSA) is 158 Å². The predicted molar refractivity (Wildman–Crippen MR) is 131 cm³/mol. The number of rotatable bonds is 16. The van der Waals surface area contributed by atoms with Crippen LogP contribution in [0.25, 0.3) is 0 Å². The molecular weight excluding hydrogens is 472 g/mol. The van der Waals surface area contributed by atoms with Crippen molar-refractivity contribution in [2.24, 2.45) is 5.92 Å². The summed E-state index contributed by atoms with van der Waals surface area (Å²) in [5.74, 6) is -0.354. The minimum Gasteiger partial charge on any atom is -0.394 e. The molecule has 2 rings (SSSR count). The molecule has 7 atom stereocenters. The Morgan fingerprint density at radius 1 is 1.03 bits per heavy atom. The lowest BCUT2D eigenvalue weighted by molar-refractivity contribution is -0.282. The van der Waals surface area contributed by atoms with Gasteiger partial charge in [-0.1, -0.05) is 19.8 Å². The lowest BCUT2D eigenvalue weighted by atomic mass is 9.92. The molecule has 11 heteroatoms. The van der Waals surface area contributed by atoms with Crippen LogP contribution in [0.3, 0.4) is 0 Å². The van der Waals surface area contributed by atoms with E-state index in [4.69, 9.17) is 14.2 Å². The first-order chi connectivity index (χ1) is 17.3. The van der Waals surface area contributed by atoms with Crippen LogP contribution in [0, 0.1) is 5.92 Å². The SMILES string of the molecule is COC[C@@H]1C[C@@H](O)CN1C(=O)CCCCCNC(=O)CCCCCO[C@@H]1OC(CO)[C@H](O)[C@H](O)C1C. The third kappa shape index (κ3) is 9.85. The second kappa shape index (κ2) is 16.5. The van der Waals surface area contributed by atoms with Crippen LogP contribution >= 0.6 is 0 Å². The van der Waals surface area contributed by atoms with Crippen LogP contribution in [0.1, 0.15) is 64.7 Å². The van der Waals surface area contributed by atoms with Crippen molar-refractivity contribution in [1.82, 2.24) is 10.2 Å². The molecule has 2 heterocycles. The number of amides is 2. The maximum atomic E-state index is 12.4. The van der Waals surface area contributed by atoms with Gasteiger partial charge in [0.1, 0.15) is 12.2 Å². The van der Waals surface area contributed by atoms with E-state index in [1.807, 2.05) is 0 Å². The monoisotopic (exact) mass is 518 g/mol. The van der Waals surface area contributed by atoms with Gasteiger partial charge in [-0.3, -0.25) is 9.59 Å². The minimum atomic E-state index is -1.13. The first kappa shape index (κ1) is 30.9. The molecule has 2 aliphatic heterocycles. The number of aliphatic hydroxyl groups excluding tert-OH is 4. The molecule has 0 bridgehead atoms. The Morgan fingerprint density at radius 2 is 1.75 bits per heavy atom. The molecule has 0 radical (unpaired) electrons. The van der Waals surface area contributed by atoms with E-state index < -0.39 is 43.2 Å². The van der Waals surface area contributed by atoms with Crippen molar-refractivity contribution in [3.63, 3.8) is 0 Å². The summed E-state index contributed by atoms with van der Waals surface area (Å²) in [4.78, 5) is 26.2. The van der Waals surface area contributed by atoms with Crippen LogP contribution in [0.4, 0.5) is 0 Å². The zero-order chi connectivity index (χ0) is 26.5. The van der Waals surface area contributed by atoms with E-state index in [-0.39, 0.29) is 17.9 Å². The van der Waals surface area contributed by atoms with Crippen molar-refractivity contribution in [3.05, 3.63) is 0 Å². The lowest BCUT2D eigenvalue weighted by Gasteiger charge is -2.40. The van der Waals surface area contributed by atoms with Crippen molar-refractivity contribution in [3.8, 4) is 0 Å². The van der Waals surface area contributed by atoms with Crippen LogP contribution in [0.5, 0.6) is 0 Å². The first-order valence-electron chi connectivity index (χ1n) is 13.3. The number of nitrogens with one attached hydrogen (secondary N) is 1. The third-order valence-corrected chi connectivity index (χ3v) is 6.98. The number of aliphatic hydroxyl groups is 4. The van der Waals surface area contributed by atoms with Gasteiger partial charge in [0.15, 0.2) is 6.29 Å². The molecule has 11 nitrogen and oxygen atoms in total. The average molecular weight is 519 g/mol. The molecule has 5 N–H and O–H groups in total. The van der Waals surface area contributed by atoms with E-state index in [2.05, 4.69) is 5.32 Å². The highest BCUT2D eigenvalue weighted by molar-refractivity contribution is 5.77. The molecule has 36 heavy (non-hydrogen) atoms. The van der Waals surface area contributed by atoms with E-state index in [1.54, 1.807) is 18.9 Å². The predicted octanol–water partition coefficient (Wildman–Crippen LogP) is -0.0767. The highest BCUT2D eigenvalue weighted by atomic mass is 16.7. The highest BCUT2D eigenvalue weighted by Gasteiger charge is 2.42. The summed E-state index contributed by atoms with van der Waals surface area (Å²) in [5.41, 5.74) is 0. The van der Waals surface area contributed by atoms with Crippen LogP contribution in [0.15, 0.2) is 0 Å². The summed E-state index contributed by atoms with van der Waals surface area (Å²) < 4.78 is 16.3. The molecular formula is C25H46N2O9. The number of methoxy groups -OCH3 is 1. The Labute approximate surface area is 214 Å². The fraction of sp³-hybridized carbons (Fsp3) is 0.920. The van der Waals surface area contributed by atoms with Crippen molar-refractivity contribution < 1.29 is 44.2 Å². The van der Waals surface area contributed by atoms with Gasteiger partial charge < -0.3 is 44.9 Å². The van der Waals surface area contributed by atoms with Gasteiger partial charge in [-0.05, 0) is 32.1 Å². The Morgan fingerprint density at radius 3 is 2.47 bits per heavy atom. The van der Waals surface area contributed by atoms with Crippen LogP contribution in [-0.2, 0) is 23.8 Å². The van der Waals surface area contributed by atoms with Gasteiger partial charge >= 0.3 is 0 Å². The molecule has 2 aliphatic rings. The molecule has 0 aromatic carbocycles. The first-order valence-corrected chi connectivity index (χ1v) is 13.3. The van der Waals surface area contributed by atoms with Gasteiger partial charge in [-0.2, -0.15) is 0 Å². The minimum absolute atomic E-state index is 0.00703. The number of likely N-dealkylation sites (tertiary alicyclic amines) is 1. The number of ether oxygens (including phenoxy) is 3. The Bertz CT molecular complexity index is 651. The van der Waals surface area contributed by atoms with Gasteiger partial charge in [-0.15, -0.1) is 0 Å². The van der Waals surface area contributed by atoms with Crippen molar-refractivity contribution in [2.75, 3.05) is 40.0 Å². The molecule has 0 spiro atoms. The maximum Gasteiger partial charge on any atom is 0.222 e. The second-order valence-electron chi connectivity index (χ2n) is 9.95. The molecule has 2 saturated heterocycles. The summed E-state index contributed by atoms with van der Waals surface area (Å²) in [6, 6.07) is -0.0481. The molecule has 2 fully saturated rings. The average Bonchev–Trinajstić information content (AvgIpc) is 3.23. The number of hydrogen-bond donors (Lipinski definition) is 5. The molecule has 2 unspecified atom stereocenters. The van der Waals surface area contributed by atoms with Gasteiger partial charge in [0, 0.05) is 45.6 Å². The summed E-state index contributed by atoms with van der Waals surface area (Å²) >= 11 is 0. The second-order valence-corrected chi connectivity index (χ2v) is 9.95. The zero-order valence-electron chi connectivity index (χ0n) is 21.7. The van der Waals surface area contributed by atoms with E-state index in [1.165, 1.54) is 0 Å². The molecule has 0 saturated carbocycles. The fourth-order valence-electron chi connectivity index (χ4n) is 4.76. The summed E-state index contributed by atoms with van der Waals surface area (Å²) in [6.45, 7) is 3.14. The largest absolute Gasteiger partial charge is 0.394 e. The third-order valence-electron chi connectivity index (χ3n) is 6.98. The zero-order valence-corrected chi connectivity index (χ0v) is 21.7. The number of β-amino-alcohol motifs (C(OH)–C–C–N with tert-alkyl or cyclic N) is 1. The number of carbonyl (C=O) groups is 2. The number of carbonyl (C=O) groups excluding carboxylic acids is 2. The highest BCUT2D eigenvalue weighted by Crippen LogP contribution is 2.27. The molecule has 0 aromatic heterocycles. The smallest absolute Gasteiger partial charge is 0.222 e. The van der Waals surface area contributed by atoms with Gasteiger partial charge in [0.25, 0.3) is 0 Å². The van der Waals surface area contributed by atoms with E-state index in [9.17, 15) is 30.0 Å². The lowest BCUT2D eigenvalue weighted by Crippen LogP contribution is -2.55. The normalized spacial score (nSPS) is 30.5. The number of nitrogens with zero attached hydrogens (tertiary/aromatic N) is 1. The Hall–Kier alpha value is -1.34. The Kier molecular flexibility index (Phi) is 14.1. The van der Waals surface area contributed by atoms with Gasteiger partial charge in [-0.25, -0.2) is 0 Å². The molecule has 2 amide bonds.